The van der Waals surface area contributed by atoms with Crippen molar-refractivity contribution in [3.8, 4) is 5.75 Å². The molecule has 0 atom stereocenters. The van der Waals surface area contributed by atoms with Gasteiger partial charge < -0.3 is 9.84 Å². The number of rotatable bonds is 5. The molecule has 1 rings (SSSR count). The van der Waals surface area contributed by atoms with Crippen molar-refractivity contribution in [2.24, 2.45) is 5.41 Å². The van der Waals surface area contributed by atoms with Crippen LogP contribution >= 0.6 is 27.7 Å². The van der Waals surface area contributed by atoms with E-state index < -0.39 is 0 Å². The number of halogens is 1. The second kappa shape index (κ2) is 5.94. The van der Waals surface area contributed by atoms with E-state index in [1.165, 1.54) is 0 Å². The van der Waals surface area contributed by atoms with Crippen LogP contribution in [0.3, 0.4) is 0 Å². The SMILES string of the molecule is COc1ccc(Br)cc1SCC(C)(C)CO. The van der Waals surface area contributed by atoms with Gasteiger partial charge >= 0.3 is 0 Å². The smallest absolute Gasteiger partial charge is 0.132 e. The molecule has 0 aliphatic rings. The molecule has 0 saturated carbocycles. The minimum absolute atomic E-state index is 0.0714. The molecule has 0 aromatic heterocycles. The van der Waals surface area contributed by atoms with E-state index in [1.807, 2.05) is 32.0 Å². The van der Waals surface area contributed by atoms with Gasteiger partial charge in [0.15, 0.2) is 0 Å². The molecule has 4 heteroatoms. The summed E-state index contributed by atoms with van der Waals surface area (Å²) in [4.78, 5) is 1.10. The van der Waals surface area contributed by atoms with E-state index in [2.05, 4.69) is 15.9 Å². The van der Waals surface area contributed by atoms with Gasteiger partial charge in [0.1, 0.15) is 5.75 Å². The number of methoxy groups -OCH3 is 1. The molecular formula is C12H17BrO2S. The van der Waals surface area contributed by atoms with Crippen LogP contribution in [0, 0.1) is 5.41 Å². The fraction of sp³-hybridized carbons (Fsp3) is 0.500. The monoisotopic (exact) mass is 304 g/mol. The van der Waals surface area contributed by atoms with Gasteiger partial charge in [0.2, 0.25) is 0 Å². The van der Waals surface area contributed by atoms with E-state index in [-0.39, 0.29) is 12.0 Å². The van der Waals surface area contributed by atoms with E-state index in [9.17, 15) is 5.11 Å². The van der Waals surface area contributed by atoms with Gasteiger partial charge in [-0.2, -0.15) is 0 Å². The van der Waals surface area contributed by atoms with Crippen LogP contribution in [-0.2, 0) is 0 Å². The summed E-state index contributed by atoms with van der Waals surface area (Å²) in [6, 6.07) is 5.94. The Morgan fingerprint density at radius 1 is 1.44 bits per heavy atom. The molecule has 0 heterocycles. The molecule has 0 fully saturated rings. The van der Waals surface area contributed by atoms with Crippen LogP contribution in [-0.4, -0.2) is 24.6 Å². The zero-order chi connectivity index (χ0) is 12.2. The van der Waals surface area contributed by atoms with Gasteiger partial charge in [-0.05, 0) is 23.6 Å². The highest BCUT2D eigenvalue weighted by Crippen LogP contribution is 2.35. The summed E-state index contributed by atoms with van der Waals surface area (Å²) in [7, 11) is 1.67. The third-order valence-corrected chi connectivity index (χ3v) is 4.22. The molecule has 90 valence electrons. The van der Waals surface area contributed by atoms with E-state index in [4.69, 9.17) is 4.74 Å². The van der Waals surface area contributed by atoms with E-state index in [1.54, 1.807) is 18.9 Å². The number of hydrogen-bond acceptors (Lipinski definition) is 3. The van der Waals surface area contributed by atoms with Crippen molar-refractivity contribution in [2.75, 3.05) is 19.5 Å². The second-order valence-electron chi connectivity index (χ2n) is 4.41. The van der Waals surface area contributed by atoms with Crippen molar-refractivity contribution in [3.63, 3.8) is 0 Å². The van der Waals surface area contributed by atoms with Gasteiger partial charge in [-0.25, -0.2) is 0 Å². The molecule has 1 aromatic rings. The predicted molar refractivity (Wildman–Crippen MR) is 72.3 cm³/mol. The third-order valence-electron chi connectivity index (χ3n) is 2.17. The van der Waals surface area contributed by atoms with Gasteiger partial charge in [0.25, 0.3) is 0 Å². The van der Waals surface area contributed by atoms with Gasteiger partial charge in [-0.3, -0.25) is 0 Å². The summed E-state index contributed by atoms with van der Waals surface area (Å²) in [6.45, 7) is 4.28. The molecule has 16 heavy (non-hydrogen) atoms. The number of hydrogen-bond donors (Lipinski definition) is 1. The molecule has 0 spiro atoms. The highest BCUT2D eigenvalue weighted by Gasteiger charge is 2.17. The molecular weight excluding hydrogens is 288 g/mol. The molecule has 0 unspecified atom stereocenters. The molecule has 0 saturated heterocycles. The Bertz CT molecular complexity index is 353. The normalized spacial score (nSPS) is 11.6. The van der Waals surface area contributed by atoms with Crippen molar-refractivity contribution in [2.45, 2.75) is 18.7 Å². The van der Waals surface area contributed by atoms with E-state index >= 15 is 0 Å². The molecule has 1 N–H and O–H groups in total. The van der Waals surface area contributed by atoms with E-state index in [0.29, 0.717) is 0 Å². The Hall–Kier alpha value is -0.190. The van der Waals surface area contributed by atoms with Gasteiger partial charge in [0.05, 0.1) is 12.0 Å². The summed E-state index contributed by atoms with van der Waals surface area (Å²) in [5, 5.41) is 9.20. The lowest BCUT2D eigenvalue weighted by molar-refractivity contribution is 0.180. The molecule has 1 aromatic carbocycles. The summed E-state index contributed by atoms with van der Waals surface area (Å²) < 4.78 is 6.33. The topological polar surface area (TPSA) is 29.5 Å². The van der Waals surface area contributed by atoms with Gasteiger partial charge in [-0.1, -0.05) is 29.8 Å². The van der Waals surface area contributed by atoms with Crippen LogP contribution in [0.25, 0.3) is 0 Å². The Labute approximate surface area is 110 Å². The highest BCUT2D eigenvalue weighted by molar-refractivity contribution is 9.10. The highest BCUT2D eigenvalue weighted by atomic mass is 79.9. The van der Waals surface area contributed by atoms with Crippen LogP contribution in [0.5, 0.6) is 5.75 Å². The number of aliphatic hydroxyl groups is 1. The van der Waals surface area contributed by atoms with Crippen LogP contribution < -0.4 is 4.74 Å². The minimum atomic E-state index is -0.0714. The second-order valence-corrected chi connectivity index (χ2v) is 6.34. The fourth-order valence-corrected chi connectivity index (χ4v) is 2.74. The Kier molecular flexibility index (Phi) is 5.15. The molecule has 0 aliphatic carbocycles. The summed E-state index contributed by atoms with van der Waals surface area (Å²) in [5.41, 5.74) is -0.0714. The Balaban J connectivity index is 2.76. The fourth-order valence-electron chi connectivity index (χ4n) is 1.08. The molecule has 0 aliphatic heterocycles. The Morgan fingerprint density at radius 2 is 2.12 bits per heavy atom. The standard InChI is InChI=1S/C12H17BrO2S/c1-12(2,7-14)8-16-11-6-9(13)4-5-10(11)15-3/h4-6,14H,7-8H2,1-3H3. The average Bonchev–Trinajstić information content (AvgIpc) is 2.27. The Morgan fingerprint density at radius 3 is 2.69 bits per heavy atom. The first kappa shape index (κ1) is 13.9. The number of ether oxygens (including phenoxy) is 1. The molecule has 0 radical (unpaired) electrons. The quantitative estimate of drug-likeness (QED) is 0.843. The van der Waals surface area contributed by atoms with E-state index in [0.717, 1.165) is 20.9 Å². The first-order chi connectivity index (χ1) is 7.48. The number of benzene rings is 1. The molecule has 2 nitrogen and oxygen atoms in total. The number of aliphatic hydroxyl groups excluding tert-OH is 1. The third kappa shape index (κ3) is 4.00. The lowest BCUT2D eigenvalue weighted by Gasteiger charge is -2.21. The van der Waals surface area contributed by atoms with Crippen molar-refractivity contribution < 1.29 is 9.84 Å². The minimum Gasteiger partial charge on any atom is -0.496 e. The zero-order valence-electron chi connectivity index (χ0n) is 9.79. The largest absolute Gasteiger partial charge is 0.496 e. The zero-order valence-corrected chi connectivity index (χ0v) is 12.2. The molecule has 0 bridgehead atoms. The summed E-state index contributed by atoms with van der Waals surface area (Å²) in [6.07, 6.45) is 0. The first-order valence-electron chi connectivity index (χ1n) is 5.06. The lowest BCUT2D eigenvalue weighted by Crippen LogP contribution is -2.19. The van der Waals surface area contributed by atoms with Crippen LogP contribution in [0.1, 0.15) is 13.8 Å². The number of thioether (sulfide) groups is 1. The summed E-state index contributed by atoms with van der Waals surface area (Å²) >= 11 is 5.15. The first-order valence-corrected chi connectivity index (χ1v) is 6.83. The van der Waals surface area contributed by atoms with Crippen LogP contribution in [0.2, 0.25) is 0 Å². The van der Waals surface area contributed by atoms with Crippen molar-refractivity contribution in [3.05, 3.63) is 22.7 Å². The van der Waals surface area contributed by atoms with Gasteiger partial charge in [0, 0.05) is 16.8 Å². The van der Waals surface area contributed by atoms with Crippen LogP contribution in [0.15, 0.2) is 27.6 Å². The summed E-state index contributed by atoms with van der Waals surface area (Å²) in [5.74, 6) is 1.73. The average molecular weight is 305 g/mol. The maximum absolute atomic E-state index is 9.20. The molecule has 0 amide bonds. The maximum atomic E-state index is 9.20. The van der Waals surface area contributed by atoms with Gasteiger partial charge in [-0.15, -0.1) is 11.8 Å². The van der Waals surface area contributed by atoms with Crippen molar-refractivity contribution in [1.29, 1.82) is 0 Å². The lowest BCUT2D eigenvalue weighted by atomic mass is 9.98. The van der Waals surface area contributed by atoms with Crippen molar-refractivity contribution >= 4 is 27.7 Å². The van der Waals surface area contributed by atoms with Crippen molar-refractivity contribution in [1.82, 2.24) is 0 Å². The maximum Gasteiger partial charge on any atom is 0.132 e. The van der Waals surface area contributed by atoms with Crippen LogP contribution in [0.4, 0.5) is 0 Å². The predicted octanol–water partition coefficient (Wildman–Crippen LogP) is 3.57.